The third kappa shape index (κ3) is 5.63. The minimum Gasteiger partial charge on any atom is -0.492 e. The van der Waals surface area contributed by atoms with Crippen LogP contribution in [0.25, 0.3) is 11.1 Å². The van der Waals surface area contributed by atoms with Crippen molar-refractivity contribution in [3.8, 4) is 17.0 Å². The summed E-state index contributed by atoms with van der Waals surface area (Å²) in [4.78, 5) is 21.2. The topological polar surface area (TPSA) is 111 Å². The van der Waals surface area contributed by atoms with E-state index < -0.39 is 32.1 Å². The zero-order valence-electron chi connectivity index (χ0n) is 22.9. The predicted molar refractivity (Wildman–Crippen MR) is 146 cm³/mol. The van der Waals surface area contributed by atoms with Crippen molar-refractivity contribution in [1.29, 1.82) is 0 Å². The van der Waals surface area contributed by atoms with Gasteiger partial charge in [-0.3, -0.25) is 9.36 Å². The quantitative estimate of drug-likeness (QED) is 0.355. The molecular formula is C29H36FN3O5S. The second kappa shape index (κ2) is 12.0. The zero-order valence-corrected chi connectivity index (χ0v) is 23.7. The lowest BCUT2D eigenvalue weighted by Gasteiger charge is -2.32. The molecule has 210 valence electrons. The number of unbranched alkanes of at least 4 members (excludes halogenated alkanes) is 1. The number of halogens is 1. The second-order valence-corrected chi connectivity index (χ2v) is 12.0. The molecule has 39 heavy (non-hydrogen) atoms. The Morgan fingerprint density at radius 2 is 1.90 bits per heavy atom. The van der Waals surface area contributed by atoms with Gasteiger partial charge in [0.25, 0.3) is 5.56 Å². The van der Waals surface area contributed by atoms with Crippen LogP contribution in [0.4, 0.5) is 4.39 Å². The van der Waals surface area contributed by atoms with Gasteiger partial charge >= 0.3 is 0 Å². The summed E-state index contributed by atoms with van der Waals surface area (Å²) in [5.41, 5.74) is 1.16. The fraction of sp³-hybridized carbons (Fsp3) is 0.483. The van der Waals surface area contributed by atoms with Crippen molar-refractivity contribution in [2.75, 3.05) is 13.2 Å². The average molecular weight is 558 g/mol. The van der Waals surface area contributed by atoms with Crippen molar-refractivity contribution < 1.29 is 22.7 Å². The maximum absolute atomic E-state index is 14.0. The first-order valence-electron chi connectivity index (χ1n) is 13.5. The average Bonchev–Trinajstić information content (AvgIpc) is 2.91. The van der Waals surface area contributed by atoms with E-state index in [1.807, 2.05) is 13.8 Å². The van der Waals surface area contributed by atoms with E-state index in [0.29, 0.717) is 54.1 Å². The lowest BCUT2D eigenvalue weighted by atomic mass is 9.89. The van der Waals surface area contributed by atoms with Crippen molar-refractivity contribution >= 4 is 9.84 Å². The normalized spacial score (nSPS) is 15.4. The predicted octanol–water partition coefficient (Wildman–Crippen LogP) is 5.32. The highest BCUT2D eigenvalue weighted by molar-refractivity contribution is 7.91. The Hall–Kier alpha value is -3.11. The number of hydrogen-bond acceptors (Lipinski definition) is 7. The fourth-order valence-corrected chi connectivity index (χ4v) is 7.08. The van der Waals surface area contributed by atoms with Gasteiger partial charge in [0.15, 0.2) is 4.90 Å². The number of ether oxygens (including phenoxy) is 1. The molecule has 0 aliphatic carbocycles. The highest BCUT2D eigenvalue weighted by atomic mass is 32.2. The molecule has 8 nitrogen and oxygen atoms in total. The summed E-state index contributed by atoms with van der Waals surface area (Å²) in [5.74, 6) is -0.844. The van der Waals surface area contributed by atoms with Crippen LogP contribution in [-0.4, -0.2) is 41.3 Å². The van der Waals surface area contributed by atoms with E-state index in [1.165, 1.54) is 16.8 Å². The van der Waals surface area contributed by atoms with Gasteiger partial charge in [-0.05, 0) is 74.3 Å². The maximum Gasteiger partial charge on any atom is 0.277 e. The third-order valence-corrected chi connectivity index (χ3v) is 9.56. The van der Waals surface area contributed by atoms with Crippen LogP contribution in [0.5, 0.6) is 5.88 Å². The molecule has 3 aromatic rings. The number of benzene rings is 1. The van der Waals surface area contributed by atoms with E-state index in [0.717, 1.165) is 25.7 Å². The molecule has 0 bridgehead atoms. The molecule has 2 aromatic heterocycles. The van der Waals surface area contributed by atoms with Crippen molar-refractivity contribution in [2.24, 2.45) is 5.92 Å². The molecule has 1 aliphatic heterocycles. The minimum atomic E-state index is -4.44. The third-order valence-electron chi connectivity index (χ3n) is 7.63. The van der Waals surface area contributed by atoms with Gasteiger partial charge in [-0.15, -0.1) is 0 Å². The molecule has 1 aromatic carbocycles. The molecule has 0 saturated carbocycles. The van der Waals surface area contributed by atoms with Gasteiger partial charge in [-0.2, -0.15) is 9.37 Å². The van der Waals surface area contributed by atoms with E-state index in [-0.39, 0.29) is 16.9 Å². The fourth-order valence-electron chi connectivity index (χ4n) is 5.52. The summed E-state index contributed by atoms with van der Waals surface area (Å²) in [5, 5.41) is 10.9. The summed E-state index contributed by atoms with van der Waals surface area (Å²) < 4.78 is 48.9. The number of aromatic nitrogens is 3. The number of aryl methyl sites for hydroxylation is 2. The Labute approximate surface area is 228 Å². The van der Waals surface area contributed by atoms with Crippen LogP contribution in [0.2, 0.25) is 0 Å². The van der Waals surface area contributed by atoms with Crippen LogP contribution >= 0.6 is 0 Å². The number of pyridine rings is 1. The number of aromatic hydroxyl groups is 1. The van der Waals surface area contributed by atoms with Crippen molar-refractivity contribution in [1.82, 2.24) is 14.5 Å². The Kier molecular flexibility index (Phi) is 8.86. The standard InChI is InChI=1S/C29H36FN3O5S/c1-5-7-8-25-32-28(34)26(29(35)33(25)23(6-2)20-12-15-38-16-13-20)39(36,37)24-10-9-21(17-18(24)3)22-11-14-31-27(30)19(22)4/h9-11,14,17,20,23,34H,5-8,12-13,15-16H2,1-4H3/t23-/m0/s1. The Balaban J connectivity index is 1.86. The molecule has 1 atom stereocenters. The maximum atomic E-state index is 14.0. The highest BCUT2D eigenvalue weighted by Crippen LogP contribution is 2.34. The monoisotopic (exact) mass is 557 g/mol. The van der Waals surface area contributed by atoms with E-state index in [1.54, 1.807) is 32.0 Å². The molecule has 1 aliphatic rings. The molecule has 1 N–H and O–H groups in total. The molecule has 10 heteroatoms. The summed E-state index contributed by atoms with van der Waals surface area (Å²) in [6.07, 6.45) is 5.55. The summed E-state index contributed by atoms with van der Waals surface area (Å²) in [6, 6.07) is 5.98. The van der Waals surface area contributed by atoms with Crippen molar-refractivity contribution in [2.45, 2.75) is 82.1 Å². The molecular weight excluding hydrogens is 521 g/mol. The van der Waals surface area contributed by atoms with E-state index in [9.17, 15) is 22.7 Å². The largest absolute Gasteiger partial charge is 0.492 e. The van der Waals surface area contributed by atoms with Crippen molar-refractivity contribution in [3.63, 3.8) is 0 Å². The van der Waals surface area contributed by atoms with Crippen LogP contribution in [0.1, 0.15) is 68.9 Å². The molecule has 0 unspecified atom stereocenters. The molecule has 3 heterocycles. The minimum absolute atomic E-state index is 0.111. The number of nitrogens with zero attached hydrogens (tertiary/aromatic N) is 3. The Morgan fingerprint density at radius 3 is 2.54 bits per heavy atom. The lowest BCUT2D eigenvalue weighted by molar-refractivity contribution is 0.0463. The summed E-state index contributed by atoms with van der Waals surface area (Å²) in [7, 11) is -4.44. The van der Waals surface area contributed by atoms with E-state index >= 15 is 0 Å². The van der Waals surface area contributed by atoms with Gasteiger partial charge in [-0.25, -0.2) is 13.4 Å². The lowest BCUT2D eigenvalue weighted by Crippen LogP contribution is -2.37. The van der Waals surface area contributed by atoms with Gasteiger partial charge in [0.2, 0.25) is 21.7 Å². The number of hydrogen-bond donors (Lipinski definition) is 1. The van der Waals surface area contributed by atoms with Crippen LogP contribution in [0, 0.1) is 25.7 Å². The first-order valence-corrected chi connectivity index (χ1v) is 15.0. The molecule has 0 radical (unpaired) electrons. The highest BCUT2D eigenvalue weighted by Gasteiger charge is 2.34. The second-order valence-electron chi connectivity index (χ2n) is 10.1. The first kappa shape index (κ1) is 28.9. The Morgan fingerprint density at radius 1 is 1.18 bits per heavy atom. The van der Waals surface area contributed by atoms with Gasteiger partial charge < -0.3 is 9.84 Å². The van der Waals surface area contributed by atoms with Gasteiger partial charge in [0.05, 0.1) is 4.90 Å². The molecule has 1 fully saturated rings. The molecule has 0 spiro atoms. The van der Waals surface area contributed by atoms with Gasteiger partial charge in [0.1, 0.15) is 5.82 Å². The van der Waals surface area contributed by atoms with Crippen LogP contribution in [0.3, 0.4) is 0 Å². The smallest absolute Gasteiger partial charge is 0.277 e. The van der Waals surface area contributed by atoms with Crippen molar-refractivity contribution in [3.05, 3.63) is 63.7 Å². The number of sulfone groups is 1. The zero-order chi connectivity index (χ0) is 28.3. The van der Waals surface area contributed by atoms with Gasteiger partial charge in [0, 0.05) is 37.4 Å². The molecule has 1 saturated heterocycles. The van der Waals surface area contributed by atoms with E-state index in [2.05, 4.69) is 9.97 Å². The van der Waals surface area contributed by atoms with Gasteiger partial charge in [-0.1, -0.05) is 32.4 Å². The van der Waals surface area contributed by atoms with E-state index in [4.69, 9.17) is 4.74 Å². The molecule has 0 amide bonds. The number of rotatable bonds is 9. The summed E-state index contributed by atoms with van der Waals surface area (Å²) >= 11 is 0. The summed E-state index contributed by atoms with van der Waals surface area (Å²) in [6.45, 7) is 8.38. The Bertz CT molecular complexity index is 1510. The van der Waals surface area contributed by atoms with Crippen LogP contribution in [-0.2, 0) is 21.0 Å². The van der Waals surface area contributed by atoms with Crippen LogP contribution < -0.4 is 5.56 Å². The molecule has 4 rings (SSSR count). The first-order chi connectivity index (χ1) is 18.6. The SMILES string of the molecule is CCCCc1nc(O)c(S(=O)(=O)c2ccc(-c3ccnc(F)c3C)cc2C)c(=O)n1[C@@H](CC)C1CCOCC1. The van der Waals surface area contributed by atoms with Crippen LogP contribution in [0.15, 0.2) is 45.0 Å².